The summed E-state index contributed by atoms with van der Waals surface area (Å²) in [6, 6.07) is 0. The van der Waals surface area contributed by atoms with Gasteiger partial charge in [-0.15, -0.1) is 0 Å². The van der Waals surface area contributed by atoms with Crippen molar-refractivity contribution < 1.29 is 4.39 Å². The third-order valence-electron chi connectivity index (χ3n) is 3.91. The van der Waals surface area contributed by atoms with Crippen LogP contribution in [0.4, 0.5) is 4.39 Å². The molecule has 1 heterocycles. The van der Waals surface area contributed by atoms with Gasteiger partial charge >= 0.3 is 0 Å². The number of hydrogen-bond donors (Lipinski definition) is 0. The van der Waals surface area contributed by atoms with E-state index in [2.05, 4.69) is 11.8 Å². The van der Waals surface area contributed by atoms with Crippen molar-refractivity contribution in [2.24, 2.45) is 5.92 Å². The smallest absolute Gasteiger partial charge is 0.102 e. The summed E-state index contributed by atoms with van der Waals surface area (Å²) in [5.74, 6) is 0.915. The van der Waals surface area contributed by atoms with Crippen molar-refractivity contribution in [3.63, 3.8) is 0 Å². The fraction of sp³-hybridized carbons (Fsp3) is 1.00. The van der Waals surface area contributed by atoms with Crippen molar-refractivity contribution in [3.8, 4) is 0 Å². The minimum Gasteiger partial charge on any atom is -0.295 e. The van der Waals surface area contributed by atoms with E-state index < -0.39 is 0 Å². The molecule has 0 aromatic rings. The Hall–Kier alpha value is -0.110. The van der Waals surface area contributed by atoms with Crippen LogP contribution >= 0.6 is 0 Å². The maximum Gasteiger partial charge on any atom is 0.102 e. The molecule has 1 saturated heterocycles. The van der Waals surface area contributed by atoms with Gasteiger partial charge in [-0.3, -0.25) is 4.90 Å². The summed E-state index contributed by atoms with van der Waals surface area (Å²) in [4.78, 5) is 2.40. The predicted molar refractivity (Wildman–Crippen MR) is 52.5 cm³/mol. The van der Waals surface area contributed by atoms with Gasteiger partial charge in [0, 0.05) is 12.1 Å². The first-order chi connectivity index (χ1) is 6.30. The molecule has 0 N–H and O–H groups in total. The zero-order chi connectivity index (χ0) is 9.31. The molecule has 0 radical (unpaired) electrons. The molecule has 2 heteroatoms. The maximum absolute atomic E-state index is 12.3. The fourth-order valence-corrected chi connectivity index (χ4v) is 2.81. The zero-order valence-electron chi connectivity index (χ0n) is 8.56. The minimum absolute atomic E-state index is 0.168. The Balaban J connectivity index is 1.93. The second-order valence-electron chi connectivity index (χ2n) is 4.67. The van der Waals surface area contributed by atoms with Crippen molar-refractivity contribution in [2.75, 3.05) is 19.8 Å². The summed E-state index contributed by atoms with van der Waals surface area (Å²) in [6.07, 6.45) is 6.58. The SMILES string of the molecule is CC[C@@H]1CCN(CCF)C2(CC2)C1. The van der Waals surface area contributed by atoms with E-state index in [4.69, 9.17) is 0 Å². The molecule has 2 fully saturated rings. The Kier molecular flexibility index (Phi) is 2.59. The van der Waals surface area contributed by atoms with Crippen molar-refractivity contribution in [1.82, 2.24) is 4.90 Å². The number of rotatable bonds is 3. The third-order valence-corrected chi connectivity index (χ3v) is 3.91. The van der Waals surface area contributed by atoms with Gasteiger partial charge in [0.25, 0.3) is 0 Å². The summed E-state index contributed by atoms with van der Waals surface area (Å²) < 4.78 is 12.3. The van der Waals surface area contributed by atoms with Crippen molar-refractivity contribution in [3.05, 3.63) is 0 Å². The van der Waals surface area contributed by atoms with E-state index in [1.54, 1.807) is 0 Å². The monoisotopic (exact) mass is 185 g/mol. The third kappa shape index (κ3) is 1.74. The first-order valence-electron chi connectivity index (χ1n) is 5.62. The van der Waals surface area contributed by atoms with Crippen LogP contribution in [-0.2, 0) is 0 Å². The summed E-state index contributed by atoms with van der Waals surface area (Å²) in [7, 11) is 0. The molecule has 1 atom stereocenters. The average Bonchev–Trinajstić information content (AvgIpc) is 2.90. The van der Waals surface area contributed by atoms with E-state index in [-0.39, 0.29) is 6.67 Å². The van der Waals surface area contributed by atoms with E-state index in [1.165, 1.54) is 32.1 Å². The molecule has 1 saturated carbocycles. The number of hydrogen-bond acceptors (Lipinski definition) is 1. The van der Waals surface area contributed by atoms with Gasteiger partial charge in [0.15, 0.2) is 0 Å². The Morgan fingerprint density at radius 1 is 1.46 bits per heavy atom. The number of halogens is 1. The Bertz CT molecular complexity index is 177. The molecule has 13 heavy (non-hydrogen) atoms. The molecule has 2 rings (SSSR count). The van der Waals surface area contributed by atoms with E-state index in [9.17, 15) is 4.39 Å². The van der Waals surface area contributed by atoms with Crippen LogP contribution in [0.15, 0.2) is 0 Å². The lowest BCUT2D eigenvalue weighted by Gasteiger charge is -2.39. The standard InChI is InChI=1S/C11H20FN/c1-2-10-3-7-13(8-6-12)11(9-10)4-5-11/h10H,2-9H2,1H3/t10-/m1/s1. The van der Waals surface area contributed by atoms with E-state index in [0.29, 0.717) is 12.1 Å². The van der Waals surface area contributed by atoms with Crippen LogP contribution in [0.3, 0.4) is 0 Å². The number of likely N-dealkylation sites (tertiary alicyclic amines) is 1. The highest BCUT2D eigenvalue weighted by Gasteiger charge is 2.50. The van der Waals surface area contributed by atoms with E-state index in [0.717, 1.165) is 12.5 Å². The molecule has 0 unspecified atom stereocenters. The van der Waals surface area contributed by atoms with Gasteiger partial charge in [-0.05, 0) is 38.1 Å². The van der Waals surface area contributed by atoms with Gasteiger partial charge in [0.2, 0.25) is 0 Å². The van der Waals surface area contributed by atoms with Crippen molar-refractivity contribution in [1.29, 1.82) is 0 Å². The van der Waals surface area contributed by atoms with Crippen LogP contribution in [0.25, 0.3) is 0 Å². The van der Waals surface area contributed by atoms with Crippen LogP contribution in [0.1, 0.15) is 39.0 Å². The molecule has 0 bridgehead atoms. The topological polar surface area (TPSA) is 3.24 Å². The molecular formula is C11H20FN. The summed E-state index contributed by atoms with van der Waals surface area (Å²) in [6.45, 7) is 3.93. The van der Waals surface area contributed by atoms with Crippen LogP contribution in [-0.4, -0.2) is 30.2 Å². The first-order valence-corrected chi connectivity index (χ1v) is 5.62. The molecule has 0 amide bonds. The lowest BCUT2D eigenvalue weighted by atomic mass is 9.87. The van der Waals surface area contributed by atoms with Crippen molar-refractivity contribution in [2.45, 2.75) is 44.6 Å². The molecule has 0 aromatic heterocycles. The van der Waals surface area contributed by atoms with Crippen LogP contribution < -0.4 is 0 Å². The highest BCUT2D eigenvalue weighted by molar-refractivity contribution is 5.06. The molecule has 1 aliphatic carbocycles. The largest absolute Gasteiger partial charge is 0.295 e. The second-order valence-corrected chi connectivity index (χ2v) is 4.67. The summed E-state index contributed by atoms with van der Waals surface area (Å²) in [5, 5.41) is 0. The van der Waals surface area contributed by atoms with E-state index >= 15 is 0 Å². The van der Waals surface area contributed by atoms with Crippen LogP contribution in [0.2, 0.25) is 0 Å². The number of piperidine rings is 1. The van der Waals surface area contributed by atoms with Crippen LogP contribution in [0, 0.1) is 5.92 Å². The first kappa shape index (κ1) is 9.45. The Morgan fingerprint density at radius 3 is 2.77 bits per heavy atom. The normalized spacial score (nSPS) is 32.3. The predicted octanol–water partition coefficient (Wildman–Crippen LogP) is 2.61. The zero-order valence-corrected chi connectivity index (χ0v) is 8.56. The molecule has 1 aliphatic heterocycles. The lowest BCUT2D eigenvalue weighted by Crippen LogP contribution is -2.45. The van der Waals surface area contributed by atoms with Gasteiger partial charge in [-0.25, -0.2) is 4.39 Å². The Morgan fingerprint density at radius 2 is 2.23 bits per heavy atom. The van der Waals surface area contributed by atoms with Gasteiger partial charge in [0.1, 0.15) is 6.67 Å². The average molecular weight is 185 g/mol. The lowest BCUT2D eigenvalue weighted by molar-refractivity contribution is 0.0855. The van der Waals surface area contributed by atoms with Gasteiger partial charge in [0.05, 0.1) is 0 Å². The summed E-state index contributed by atoms with van der Waals surface area (Å²) >= 11 is 0. The van der Waals surface area contributed by atoms with E-state index in [1.807, 2.05) is 0 Å². The molecule has 1 nitrogen and oxygen atoms in total. The molecule has 76 valence electrons. The highest BCUT2D eigenvalue weighted by atomic mass is 19.1. The molecule has 1 spiro atoms. The van der Waals surface area contributed by atoms with Gasteiger partial charge < -0.3 is 0 Å². The molecular weight excluding hydrogens is 165 g/mol. The number of nitrogens with zero attached hydrogens (tertiary/aromatic N) is 1. The maximum atomic E-state index is 12.3. The number of alkyl halides is 1. The van der Waals surface area contributed by atoms with Crippen LogP contribution in [0.5, 0.6) is 0 Å². The summed E-state index contributed by atoms with van der Waals surface area (Å²) in [5.41, 5.74) is 0.463. The second kappa shape index (κ2) is 3.56. The van der Waals surface area contributed by atoms with Gasteiger partial charge in [-0.2, -0.15) is 0 Å². The fourth-order valence-electron chi connectivity index (χ4n) is 2.81. The molecule has 2 aliphatic rings. The molecule has 0 aromatic carbocycles. The minimum atomic E-state index is -0.168. The van der Waals surface area contributed by atoms with Crippen molar-refractivity contribution >= 4 is 0 Å². The highest BCUT2D eigenvalue weighted by Crippen LogP contribution is 2.50. The quantitative estimate of drug-likeness (QED) is 0.653. The van der Waals surface area contributed by atoms with Gasteiger partial charge in [-0.1, -0.05) is 13.3 Å². The Labute approximate surface area is 80.3 Å².